The molecule has 0 saturated heterocycles. The van der Waals surface area contributed by atoms with E-state index in [0.29, 0.717) is 25.9 Å². The van der Waals surface area contributed by atoms with E-state index in [1.54, 1.807) is 6.07 Å². The minimum absolute atomic E-state index is 0.0482. The number of halogens is 2. The Hall–Kier alpha value is -2.44. The van der Waals surface area contributed by atoms with E-state index in [2.05, 4.69) is 13.0 Å². The summed E-state index contributed by atoms with van der Waals surface area (Å²) in [6.07, 6.45) is 0. The van der Waals surface area contributed by atoms with Crippen molar-refractivity contribution in [2.45, 2.75) is 13.5 Å². The Morgan fingerprint density at radius 1 is 0.968 bits per heavy atom. The van der Waals surface area contributed by atoms with E-state index in [1.165, 1.54) is 11.3 Å². The van der Waals surface area contributed by atoms with E-state index >= 15 is 0 Å². The van der Waals surface area contributed by atoms with Gasteiger partial charge in [-0.05, 0) is 60.1 Å². The molecule has 7 heteroatoms. The van der Waals surface area contributed by atoms with Crippen molar-refractivity contribution in [2.24, 2.45) is 0 Å². The maximum Gasteiger partial charge on any atom is 0.261 e. The molecule has 0 bridgehead atoms. The number of hydrogen-bond donors (Lipinski definition) is 0. The third-order valence-electron chi connectivity index (χ3n) is 5.43. The average Bonchev–Trinajstić information content (AvgIpc) is 3.11. The fourth-order valence-electron chi connectivity index (χ4n) is 3.84. The molecule has 0 amide bonds. The second kappa shape index (κ2) is 7.92. The van der Waals surface area contributed by atoms with Crippen molar-refractivity contribution in [3.05, 3.63) is 102 Å². The number of benzene rings is 3. The molecule has 3 aromatic carbocycles. The van der Waals surface area contributed by atoms with Crippen LogP contribution in [0.15, 0.2) is 71.5 Å². The fraction of sp³-hybridized carbons (Fsp3) is 0.0833. The van der Waals surface area contributed by atoms with Gasteiger partial charge < -0.3 is 0 Å². The maximum atomic E-state index is 13.6. The second-order valence-electron chi connectivity index (χ2n) is 7.32. The lowest BCUT2D eigenvalue weighted by Crippen LogP contribution is -2.24. The summed E-state index contributed by atoms with van der Waals surface area (Å²) in [4.78, 5) is 14.5. The van der Waals surface area contributed by atoms with Gasteiger partial charge >= 0.3 is 0 Å². The average molecular weight is 483 g/mol. The molecule has 0 saturated carbocycles. The molecule has 0 radical (unpaired) electrons. The fourth-order valence-corrected chi connectivity index (χ4v) is 5.56. The summed E-state index contributed by atoms with van der Waals surface area (Å²) in [5, 5.41) is 1.59. The molecule has 0 fully saturated rings. The van der Waals surface area contributed by atoms with Crippen LogP contribution in [0.25, 0.3) is 27.0 Å². The zero-order valence-corrected chi connectivity index (χ0v) is 19.6. The van der Waals surface area contributed by atoms with Gasteiger partial charge in [-0.3, -0.25) is 13.8 Å². The summed E-state index contributed by atoms with van der Waals surface area (Å²) in [6.45, 7) is 2.50. The monoisotopic (exact) mass is 482 g/mol. The lowest BCUT2D eigenvalue weighted by atomic mass is 10.1. The minimum atomic E-state index is -0.0482. The van der Waals surface area contributed by atoms with Crippen molar-refractivity contribution in [1.29, 1.82) is 0 Å². The molecule has 0 aliphatic rings. The summed E-state index contributed by atoms with van der Waals surface area (Å²) in [5.74, 6) is 0. The minimum Gasteiger partial charge on any atom is -0.288 e. The smallest absolute Gasteiger partial charge is 0.261 e. The quantitative estimate of drug-likeness (QED) is 0.250. The van der Waals surface area contributed by atoms with Gasteiger partial charge in [0.25, 0.3) is 5.56 Å². The first-order valence-corrected chi connectivity index (χ1v) is 11.6. The number of rotatable bonds is 3. The van der Waals surface area contributed by atoms with E-state index in [0.717, 1.165) is 32.7 Å². The van der Waals surface area contributed by atoms with Gasteiger partial charge in [-0.1, -0.05) is 65.7 Å². The second-order valence-corrected chi connectivity index (χ2v) is 9.78. The van der Waals surface area contributed by atoms with Gasteiger partial charge in [-0.25, -0.2) is 0 Å². The molecular weight excluding hydrogens is 467 g/mol. The van der Waals surface area contributed by atoms with Gasteiger partial charge in [-0.15, -0.1) is 11.3 Å². The van der Waals surface area contributed by atoms with E-state index in [4.69, 9.17) is 35.4 Å². The van der Waals surface area contributed by atoms with Gasteiger partial charge in [0, 0.05) is 0 Å². The van der Waals surface area contributed by atoms with Crippen LogP contribution in [0, 0.1) is 10.9 Å². The Morgan fingerprint density at radius 2 is 1.71 bits per heavy atom. The molecule has 31 heavy (non-hydrogen) atoms. The number of para-hydroxylation sites is 1. The highest BCUT2D eigenvalue weighted by Crippen LogP contribution is 2.36. The van der Waals surface area contributed by atoms with Crippen LogP contribution in [0.5, 0.6) is 0 Å². The van der Waals surface area contributed by atoms with Crippen LogP contribution < -0.4 is 5.56 Å². The predicted octanol–water partition coefficient (Wildman–Crippen LogP) is 7.38. The van der Waals surface area contributed by atoms with E-state index < -0.39 is 0 Å². The first-order chi connectivity index (χ1) is 15.0. The molecule has 0 spiro atoms. The van der Waals surface area contributed by atoms with E-state index in [9.17, 15) is 4.79 Å². The molecule has 2 aromatic heterocycles. The highest BCUT2D eigenvalue weighted by molar-refractivity contribution is 7.73. The number of thiazole rings is 1. The van der Waals surface area contributed by atoms with Crippen LogP contribution in [-0.2, 0) is 6.54 Å². The Kier molecular flexibility index (Phi) is 5.22. The van der Waals surface area contributed by atoms with Crippen LogP contribution in [0.2, 0.25) is 10.0 Å². The van der Waals surface area contributed by atoms with Crippen LogP contribution in [0.4, 0.5) is 0 Å². The van der Waals surface area contributed by atoms with Crippen LogP contribution in [-0.4, -0.2) is 8.97 Å². The highest BCUT2D eigenvalue weighted by Gasteiger charge is 2.19. The molecule has 0 aliphatic carbocycles. The van der Waals surface area contributed by atoms with Gasteiger partial charge in [-0.2, -0.15) is 0 Å². The number of hydrogen-bond acceptors (Lipinski definition) is 3. The number of aromatic nitrogens is 2. The summed E-state index contributed by atoms with van der Waals surface area (Å²) in [6, 6.07) is 21.2. The molecule has 0 unspecified atom stereocenters. The van der Waals surface area contributed by atoms with Crippen molar-refractivity contribution in [3.8, 4) is 10.4 Å². The molecule has 5 rings (SSSR count). The Balaban J connectivity index is 1.92. The zero-order chi connectivity index (χ0) is 21.7. The predicted molar refractivity (Wildman–Crippen MR) is 134 cm³/mol. The van der Waals surface area contributed by atoms with E-state index in [-0.39, 0.29) is 5.56 Å². The first-order valence-electron chi connectivity index (χ1n) is 9.63. The molecule has 3 nitrogen and oxygen atoms in total. The number of nitrogens with zero attached hydrogens (tertiary/aromatic N) is 2. The number of fused-ring (bicyclic) bond motifs is 3. The van der Waals surface area contributed by atoms with Gasteiger partial charge in [0.1, 0.15) is 5.65 Å². The molecule has 154 valence electrons. The van der Waals surface area contributed by atoms with Crippen molar-refractivity contribution in [3.63, 3.8) is 0 Å². The molecule has 0 N–H and O–H groups in total. The van der Waals surface area contributed by atoms with Crippen LogP contribution in [0.3, 0.4) is 0 Å². The Bertz CT molecular complexity index is 1600. The Morgan fingerprint density at radius 3 is 2.48 bits per heavy atom. The lowest BCUT2D eigenvalue weighted by Gasteiger charge is -2.15. The SMILES string of the molecule is Cc1ccccc1Cn1c(=O)c2ccccc2n2c(=S)sc(-c3ccc(Cl)c(Cl)c3)c12. The van der Waals surface area contributed by atoms with Crippen molar-refractivity contribution in [2.75, 3.05) is 0 Å². The highest BCUT2D eigenvalue weighted by atomic mass is 35.5. The van der Waals surface area contributed by atoms with Crippen molar-refractivity contribution in [1.82, 2.24) is 8.97 Å². The zero-order valence-electron chi connectivity index (χ0n) is 16.4. The summed E-state index contributed by atoms with van der Waals surface area (Å²) < 4.78 is 4.48. The van der Waals surface area contributed by atoms with Crippen molar-refractivity contribution >= 4 is 63.3 Å². The van der Waals surface area contributed by atoms with Crippen LogP contribution in [0.1, 0.15) is 11.1 Å². The molecule has 5 aromatic rings. The largest absolute Gasteiger partial charge is 0.288 e. The molecule has 0 atom stereocenters. The van der Waals surface area contributed by atoms with Gasteiger partial charge in [0.2, 0.25) is 0 Å². The summed E-state index contributed by atoms with van der Waals surface area (Å²) >= 11 is 19.7. The first kappa shape index (κ1) is 20.5. The number of aryl methyl sites for hydroxylation is 1. The third kappa shape index (κ3) is 3.42. The van der Waals surface area contributed by atoms with E-state index in [1.807, 2.05) is 63.6 Å². The van der Waals surface area contributed by atoms with Gasteiger partial charge in [0.15, 0.2) is 3.95 Å². The Labute approximate surface area is 197 Å². The standard InChI is InChI=1S/C24H16Cl2N2OS2/c1-14-6-2-3-7-16(14)13-27-22-21(15-10-11-18(25)19(26)12-15)31-24(30)28(22)20-9-5-4-8-17(20)23(27)29/h2-12H,13H2,1H3. The third-order valence-corrected chi connectivity index (χ3v) is 7.59. The van der Waals surface area contributed by atoms with Gasteiger partial charge in [0.05, 0.1) is 32.4 Å². The molecule has 2 heterocycles. The molecule has 0 aliphatic heterocycles. The summed E-state index contributed by atoms with van der Waals surface area (Å²) in [7, 11) is 0. The topological polar surface area (TPSA) is 26.4 Å². The normalized spacial score (nSPS) is 11.5. The maximum absolute atomic E-state index is 13.6. The van der Waals surface area contributed by atoms with Crippen molar-refractivity contribution < 1.29 is 0 Å². The lowest BCUT2D eigenvalue weighted by molar-refractivity contribution is 0.776. The van der Waals surface area contributed by atoms with Crippen LogP contribution >= 0.6 is 46.8 Å². The molecular formula is C24H16Cl2N2OS2. The summed E-state index contributed by atoms with van der Waals surface area (Å²) in [5.41, 5.74) is 4.61.